The maximum atomic E-state index is 13.3. The number of carbonyl (C=O) groups excluding carboxylic acids is 1. The standard InChI is InChI=1S/C23H28FN3O2/c1-14(29-4)13-26(3)23(28)19-10-5-16-11-21-20(15(2)22(16)19)12-25-27(21)18-8-6-17(24)7-9-18/h6-9,12,14-15,19H,5,10-11,13H2,1-4H3/t14-,15+,19-/m1/s1. The Balaban J connectivity index is 1.60. The molecule has 0 fully saturated rings. The van der Waals surface area contributed by atoms with Crippen LogP contribution in [0.4, 0.5) is 4.39 Å². The van der Waals surface area contributed by atoms with Gasteiger partial charge < -0.3 is 9.64 Å². The van der Waals surface area contributed by atoms with Crippen LogP contribution in [-0.2, 0) is 16.0 Å². The number of halogens is 1. The Labute approximate surface area is 171 Å². The van der Waals surface area contributed by atoms with Crippen LogP contribution >= 0.6 is 0 Å². The molecule has 0 saturated carbocycles. The van der Waals surface area contributed by atoms with E-state index in [4.69, 9.17) is 4.74 Å². The molecule has 2 aromatic rings. The average molecular weight is 397 g/mol. The van der Waals surface area contributed by atoms with Gasteiger partial charge in [0.05, 0.1) is 29.6 Å². The molecule has 3 atom stereocenters. The highest BCUT2D eigenvalue weighted by molar-refractivity contribution is 5.83. The summed E-state index contributed by atoms with van der Waals surface area (Å²) >= 11 is 0. The average Bonchev–Trinajstić information content (AvgIpc) is 3.33. The summed E-state index contributed by atoms with van der Waals surface area (Å²) in [5.41, 5.74) is 5.82. The molecule has 1 amide bonds. The lowest BCUT2D eigenvalue weighted by Crippen LogP contribution is -2.38. The number of fused-ring (bicyclic) bond motifs is 1. The van der Waals surface area contributed by atoms with Gasteiger partial charge in [-0.3, -0.25) is 4.79 Å². The number of rotatable bonds is 5. The summed E-state index contributed by atoms with van der Waals surface area (Å²) < 4.78 is 20.5. The Morgan fingerprint density at radius 3 is 2.79 bits per heavy atom. The zero-order chi connectivity index (χ0) is 20.7. The lowest BCUT2D eigenvalue weighted by Gasteiger charge is -2.29. The number of hydrogen-bond donors (Lipinski definition) is 0. The number of nitrogens with zero attached hydrogens (tertiary/aromatic N) is 3. The molecule has 1 aromatic carbocycles. The van der Waals surface area contributed by atoms with Gasteiger partial charge in [-0.25, -0.2) is 9.07 Å². The summed E-state index contributed by atoms with van der Waals surface area (Å²) in [5, 5.41) is 4.59. The minimum absolute atomic E-state index is 0.0168. The number of likely N-dealkylation sites (N-methyl/N-ethyl adjacent to an activating group) is 1. The fourth-order valence-electron chi connectivity index (χ4n) is 4.84. The maximum absolute atomic E-state index is 13.3. The predicted octanol–water partition coefficient (Wildman–Crippen LogP) is 3.87. The van der Waals surface area contributed by atoms with E-state index in [1.54, 1.807) is 24.1 Å². The lowest BCUT2D eigenvalue weighted by molar-refractivity contribution is -0.134. The summed E-state index contributed by atoms with van der Waals surface area (Å²) in [7, 11) is 3.53. The van der Waals surface area contributed by atoms with E-state index in [0.29, 0.717) is 6.54 Å². The van der Waals surface area contributed by atoms with Crippen LogP contribution in [0.15, 0.2) is 41.6 Å². The summed E-state index contributed by atoms with van der Waals surface area (Å²) in [6.07, 6.45) is 4.53. The summed E-state index contributed by atoms with van der Waals surface area (Å²) in [5.74, 6) is 0.0290. The second-order valence-electron chi connectivity index (χ2n) is 8.25. The molecule has 154 valence electrons. The first-order valence-electron chi connectivity index (χ1n) is 10.2. The fourth-order valence-corrected chi connectivity index (χ4v) is 4.84. The smallest absolute Gasteiger partial charge is 0.229 e. The highest BCUT2D eigenvalue weighted by Gasteiger charge is 2.40. The molecule has 0 bridgehead atoms. The minimum atomic E-state index is -0.253. The minimum Gasteiger partial charge on any atom is -0.380 e. The van der Waals surface area contributed by atoms with E-state index in [1.807, 2.05) is 24.9 Å². The van der Waals surface area contributed by atoms with Gasteiger partial charge in [0.15, 0.2) is 0 Å². The van der Waals surface area contributed by atoms with Crippen molar-refractivity contribution in [1.29, 1.82) is 0 Å². The van der Waals surface area contributed by atoms with Gasteiger partial charge in [0.1, 0.15) is 5.82 Å². The maximum Gasteiger partial charge on any atom is 0.229 e. The largest absolute Gasteiger partial charge is 0.380 e. The number of allylic oxidation sites excluding steroid dienone is 1. The fraction of sp³-hybridized carbons (Fsp3) is 0.478. The van der Waals surface area contributed by atoms with Crippen LogP contribution in [0.3, 0.4) is 0 Å². The van der Waals surface area contributed by atoms with Crippen molar-refractivity contribution in [3.63, 3.8) is 0 Å². The molecule has 0 radical (unpaired) electrons. The van der Waals surface area contributed by atoms with E-state index >= 15 is 0 Å². The van der Waals surface area contributed by atoms with E-state index in [-0.39, 0.29) is 29.7 Å². The second-order valence-corrected chi connectivity index (χ2v) is 8.25. The Hall–Kier alpha value is -2.47. The molecule has 0 unspecified atom stereocenters. The molecule has 2 aliphatic carbocycles. The molecule has 2 aliphatic rings. The van der Waals surface area contributed by atoms with Gasteiger partial charge in [-0.15, -0.1) is 0 Å². The number of methoxy groups -OCH3 is 1. The van der Waals surface area contributed by atoms with Crippen molar-refractivity contribution in [3.05, 3.63) is 58.7 Å². The van der Waals surface area contributed by atoms with E-state index in [1.165, 1.54) is 28.8 Å². The summed E-state index contributed by atoms with van der Waals surface area (Å²) in [6, 6.07) is 6.43. The molecule has 4 rings (SSSR count). The lowest BCUT2D eigenvalue weighted by atomic mass is 9.79. The molecule has 0 spiro atoms. The first-order valence-corrected chi connectivity index (χ1v) is 10.2. The molecule has 5 nitrogen and oxygen atoms in total. The first kappa shape index (κ1) is 19.8. The molecule has 1 heterocycles. The van der Waals surface area contributed by atoms with Crippen molar-refractivity contribution in [2.24, 2.45) is 5.92 Å². The van der Waals surface area contributed by atoms with Gasteiger partial charge in [0.2, 0.25) is 5.91 Å². The van der Waals surface area contributed by atoms with Crippen LogP contribution in [0.5, 0.6) is 0 Å². The van der Waals surface area contributed by atoms with E-state index in [9.17, 15) is 9.18 Å². The van der Waals surface area contributed by atoms with Crippen molar-refractivity contribution in [1.82, 2.24) is 14.7 Å². The van der Waals surface area contributed by atoms with Crippen LogP contribution in [0.2, 0.25) is 0 Å². The molecular weight excluding hydrogens is 369 g/mol. The highest BCUT2D eigenvalue weighted by atomic mass is 19.1. The number of amides is 1. The van der Waals surface area contributed by atoms with Crippen LogP contribution in [0.1, 0.15) is 43.9 Å². The zero-order valence-corrected chi connectivity index (χ0v) is 17.5. The predicted molar refractivity (Wildman–Crippen MR) is 109 cm³/mol. The highest BCUT2D eigenvalue weighted by Crippen LogP contribution is 2.47. The molecule has 0 N–H and O–H groups in total. The topological polar surface area (TPSA) is 47.4 Å². The van der Waals surface area contributed by atoms with Crippen LogP contribution in [-0.4, -0.2) is 47.4 Å². The van der Waals surface area contributed by atoms with Crippen molar-refractivity contribution < 1.29 is 13.9 Å². The monoisotopic (exact) mass is 397 g/mol. The molecule has 0 aliphatic heterocycles. The zero-order valence-electron chi connectivity index (χ0n) is 17.5. The SMILES string of the molecule is CO[C@H](C)CN(C)C(=O)[C@@H]1CCC2=C1[C@@H](C)c1cnn(-c3ccc(F)cc3)c1C2. The van der Waals surface area contributed by atoms with Gasteiger partial charge in [-0.2, -0.15) is 5.10 Å². The molecule has 29 heavy (non-hydrogen) atoms. The number of hydrogen-bond acceptors (Lipinski definition) is 3. The van der Waals surface area contributed by atoms with Gasteiger partial charge >= 0.3 is 0 Å². The van der Waals surface area contributed by atoms with Crippen molar-refractivity contribution in [3.8, 4) is 5.69 Å². The number of ether oxygens (including phenoxy) is 1. The Morgan fingerprint density at radius 1 is 1.38 bits per heavy atom. The second kappa shape index (κ2) is 7.75. The molecule has 6 heteroatoms. The van der Waals surface area contributed by atoms with Gasteiger partial charge in [0.25, 0.3) is 0 Å². The Kier molecular flexibility index (Phi) is 5.30. The van der Waals surface area contributed by atoms with Crippen molar-refractivity contribution in [2.75, 3.05) is 20.7 Å². The Bertz CT molecular complexity index is 948. The van der Waals surface area contributed by atoms with Gasteiger partial charge in [-0.1, -0.05) is 18.1 Å². The number of carbonyl (C=O) groups is 1. The number of aromatic nitrogens is 2. The van der Waals surface area contributed by atoms with E-state index < -0.39 is 0 Å². The Morgan fingerprint density at radius 2 is 2.10 bits per heavy atom. The van der Waals surface area contributed by atoms with Crippen LogP contribution in [0.25, 0.3) is 5.69 Å². The van der Waals surface area contributed by atoms with Gasteiger partial charge in [-0.05, 0) is 44.0 Å². The van der Waals surface area contributed by atoms with E-state index in [0.717, 1.165) is 30.6 Å². The van der Waals surface area contributed by atoms with Crippen LogP contribution in [0, 0.1) is 11.7 Å². The third-order valence-electron chi connectivity index (χ3n) is 6.41. The van der Waals surface area contributed by atoms with Gasteiger partial charge in [0, 0.05) is 38.6 Å². The summed E-state index contributed by atoms with van der Waals surface area (Å²) in [4.78, 5) is 15.0. The molecule has 0 saturated heterocycles. The third-order valence-corrected chi connectivity index (χ3v) is 6.41. The first-order chi connectivity index (χ1) is 13.9. The van der Waals surface area contributed by atoms with E-state index in [2.05, 4.69) is 12.0 Å². The van der Waals surface area contributed by atoms with Crippen molar-refractivity contribution in [2.45, 2.75) is 45.1 Å². The van der Waals surface area contributed by atoms with Crippen molar-refractivity contribution >= 4 is 5.91 Å². The molecular formula is C23H28FN3O2. The van der Waals surface area contributed by atoms with Crippen LogP contribution < -0.4 is 0 Å². The quantitative estimate of drug-likeness (QED) is 0.720. The molecule has 1 aromatic heterocycles. The third kappa shape index (κ3) is 3.50. The number of benzene rings is 1. The normalized spacial score (nSPS) is 21.7. The summed E-state index contributed by atoms with van der Waals surface area (Å²) in [6.45, 7) is 4.74.